The molecule has 2 aromatic rings. The molecule has 18 heteroatoms. The zero-order valence-electron chi connectivity index (χ0n) is 21.6. The van der Waals surface area contributed by atoms with E-state index in [-0.39, 0.29) is 29.3 Å². The van der Waals surface area contributed by atoms with Crippen molar-refractivity contribution < 1.29 is 37.1 Å². The first-order valence-electron chi connectivity index (χ1n) is 12.0. The summed E-state index contributed by atoms with van der Waals surface area (Å²) < 4.78 is 38.6. The summed E-state index contributed by atoms with van der Waals surface area (Å²) in [5.74, 6) is -0.914. The third kappa shape index (κ3) is 7.74. The van der Waals surface area contributed by atoms with Crippen LogP contribution in [0.15, 0.2) is 12.7 Å². The molecule has 39 heavy (non-hydrogen) atoms. The van der Waals surface area contributed by atoms with Crippen LogP contribution in [0.1, 0.15) is 32.9 Å². The number of carbonyl (C=O) groups excluding carboxylic acids is 2. The van der Waals surface area contributed by atoms with Crippen molar-refractivity contribution >= 4 is 50.9 Å². The first-order valence-corrected chi connectivity index (χ1v) is 14.8. The number of anilines is 1. The first-order chi connectivity index (χ1) is 18.3. The highest BCUT2D eigenvalue weighted by Crippen LogP contribution is 2.32. The van der Waals surface area contributed by atoms with E-state index in [1.807, 2.05) is 6.26 Å². The van der Waals surface area contributed by atoms with Gasteiger partial charge in [0.1, 0.15) is 36.2 Å². The lowest BCUT2D eigenvalue weighted by atomic mass is 10.0. The molecule has 1 saturated heterocycles. The number of aliphatic hydroxyl groups is 2. The number of hydrogen-bond donors (Lipinski definition) is 6. The van der Waals surface area contributed by atoms with Crippen LogP contribution in [-0.2, 0) is 28.8 Å². The van der Waals surface area contributed by atoms with Crippen molar-refractivity contribution in [3.63, 3.8) is 0 Å². The fourth-order valence-electron chi connectivity index (χ4n) is 3.89. The number of nitrogen functional groups attached to an aromatic ring is 1. The standard InChI is InChI=1S/C21H34N8O8S2/c1-10(2)6-12(27-19(32)11(22)4-5-38-3)20(33)28-39(34,35)36-7-13-15(30)16(31)21(37-13)29-9-26-14-17(23)24-8-25-18(14)29/h8-13,15-16,21,30-31H,4-7,22H2,1-3H3,(H,27,32)(H,28,33)(H2,23,24,25)/t11-,12-,13+,15+,16+,21+/m0/s1. The number of carbonyl (C=O) groups is 2. The van der Waals surface area contributed by atoms with Gasteiger partial charge in [-0.05, 0) is 30.8 Å². The van der Waals surface area contributed by atoms with Crippen LogP contribution in [0, 0.1) is 5.92 Å². The monoisotopic (exact) mass is 590 g/mol. The first kappa shape index (κ1) is 30.9. The second-order valence-electron chi connectivity index (χ2n) is 9.41. The van der Waals surface area contributed by atoms with Gasteiger partial charge in [0.2, 0.25) is 5.91 Å². The number of aliphatic hydroxyl groups excluding tert-OH is 2. The molecule has 0 spiro atoms. The second-order valence-corrected chi connectivity index (χ2v) is 11.7. The van der Waals surface area contributed by atoms with E-state index >= 15 is 0 Å². The van der Waals surface area contributed by atoms with Crippen molar-refractivity contribution in [3.05, 3.63) is 12.7 Å². The molecule has 1 fully saturated rings. The molecule has 16 nitrogen and oxygen atoms in total. The zero-order chi connectivity index (χ0) is 28.9. The van der Waals surface area contributed by atoms with E-state index in [1.54, 1.807) is 18.6 Å². The summed E-state index contributed by atoms with van der Waals surface area (Å²) in [6, 6.07) is -2.04. The quantitative estimate of drug-likeness (QED) is 0.148. The molecule has 218 valence electrons. The molecule has 3 rings (SSSR count). The number of aromatic nitrogens is 4. The lowest BCUT2D eigenvalue weighted by Crippen LogP contribution is -2.53. The lowest BCUT2D eigenvalue weighted by molar-refractivity contribution is -0.129. The molecule has 8 N–H and O–H groups in total. The van der Waals surface area contributed by atoms with E-state index in [0.717, 1.165) is 0 Å². The Labute approximate surface area is 229 Å². The van der Waals surface area contributed by atoms with Gasteiger partial charge in [-0.15, -0.1) is 0 Å². The number of imidazole rings is 1. The van der Waals surface area contributed by atoms with Crippen molar-refractivity contribution in [3.8, 4) is 0 Å². The summed E-state index contributed by atoms with van der Waals surface area (Å²) in [6.45, 7) is 2.87. The molecule has 3 heterocycles. The normalized spacial score (nSPS) is 23.2. The van der Waals surface area contributed by atoms with Gasteiger partial charge in [0.05, 0.1) is 19.0 Å². The second kappa shape index (κ2) is 13.2. The molecule has 1 aliphatic rings. The number of hydrogen-bond acceptors (Lipinski definition) is 14. The van der Waals surface area contributed by atoms with Gasteiger partial charge in [-0.1, -0.05) is 13.8 Å². The van der Waals surface area contributed by atoms with Gasteiger partial charge in [0.15, 0.2) is 17.7 Å². The van der Waals surface area contributed by atoms with Crippen LogP contribution in [-0.4, -0.2) is 99.0 Å². The predicted molar refractivity (Wildman–Crippen MR) is 141 cm³/mol. The number of ether oxygens (including phenoxy) is 1. The maximum Gasteiger partial charge on any atom is 0.362 e. The van der Waals surface area contributed by atoms with Gasteiger partial charge in [-0.2, -0.15) is 20.2 Å². The fraction of sp³-hybridized carbons (Fsp3) is 0.667. The maximum atomic E-state index is 12.8. The van der Waals surface area contributed by atoms with Crippen LogP contribution < -0.4 is 21.5 Å². The minimum absolute atomic E-state index is 0.0626. The Bertz CT molecular complexity index is 1260. The number of fused-ring (bicyclic) bond motifs is 1. The minimum Gasteiger partial charge on any atom is -0.387 e. The van der Waals surface area contributed by atoms with Gasteiger partial charge >= 0.3 is 10.3 Å². The number of nitrogens with one attached hydrogen (secondary N) is 2. The van der Waals surface area contributed by atoms with Crippen LogP contribution in [0.25, 0.3) is 11.2 Å². The molecule has 0 unspecified atom stereocenters. The van der Waals surface area contributed by atoms with E-state index in [4.69, 9.17) is 20.4 Å². The molecule has 0 aromatic carbocycles. The van der Waals surface area contributed by atoms with Crippen molar-refractivity contribution in [2.24, 2.45) is 11.7 Å². The smallest absolute Gasteiger partial charge is 0.362 e. The van der Waals surface area contributed by atoms with Gasteiger partial charge in [0, 0.05) is 0 Å². The van der Waals surface area contributed by atoms with E-state index in [9.17, 15) is 28.2 Å². The highest BCUT2D eigenvalue weighted by atomic mass is 32.2. The largest absolute Gasteiger partial charge is 0.387 e. The van der Waals surface area contributed by atoms with Gasteiger partial charge in [0.25, 0.3) is 5.91 Å². The Morgan fingerprint density at radius 3 is 2.62 bits per heavy atom. The highest BCUT2D eigenvalue weighted by molar-refractivity contribution is 7.98. The highest BCUT2D eigenvalue weighted by Gasteiger charge is 2.45. The Morgan fingerprint density at radius 2 is 1.95 bits per heavy atom. The molecule has 1 aliphatic heterocycles. The van der Waals surface area contributed by atoms with Crippen LogP contribution in [0.5, 0.6) is 0 Å². The molecule has 2 amide bonds. The molecule has 2 aromatic heterocycles. The third-order valence-corrected chi connectivity index (χ3v) is 7.46. The van der Waals surface area contributed by atoms with Gasteiger partial charge in [-0.3, -0.25) is 18.3 Å². The lowest BCUT2D eigenvalue weighted by Gasteiger charge is -2.22. The summed E-state index contributed by atoms with van der Waals surface area (Å²) in [4.78, 5) is 37.1. The number of nitrogens with two attached hydrogens (primary N) is 2. The predicted octanol–water partition coefficient (Wildman–Crippen LogP) is -1.98. The topological polar surface area (TPSA) is 247 Å². The fourth-order valence-corrected chi connectivity index (χ4v) is 5.14. The molecule has 0 radical (unpaired) electrons. The summed E-state index contributed by atoms with van der Waals surface area (Å²) in [5.41, 5.74) is 12.1. The van der Waals surface area contributed by atoms with Gasteiger partial charge in [-0.25, -0.2) is 19.7 Å². The Hall–Kier alpha value is -2.61. The summed E-state index contributed by atoms with van der Waals surface area (Å²) in [5, 5.41) is 23.5. The third-order valence-electron chi connectivity index (χ3n) is 5.92. The number of thioether (sulfide) groups is 1. The van der Waals surface area contributed by atoms with E-state index in [1.165, 1.54) is 29.0 Å². The SMILES string of the molecule is CSCC[C@H](N)C(=O)N[C@@H](CC(C)C)C(=O)NS(=O)(=O)OC[C@H]1O[C@@H](n2cnc3c(N)ncnc32)[C@H](O)[C@@H]1O. The van der Waals surface area contributed by atoms with Crippen LogP contribution in [0.2, 0.25) is 0 Å². The van der Waals surface area contributed by atoms with E-state index in [0.29, 0.717) is 12.2 Å². The summed E-state index contributed by atoms with van der Waals surface area (Å²) in [6.07, 6.45) is -0.655. The summed E-state index contributed by atoms with van der Waals surface area (Å²) in [7, 11) is -4.69. The van der Waals surface area contributed by atoms with Crippen LogP contribution in [0.4, 0.5) is 5.82 Å². The van der Waals surface area contributed by atoms with Crippen molar-refractivity contribution in [1.29, 1.82) is 0 Å². The minimum atomic E-state index is -4.69. The zero-order valence-corrected chi connectivity index (χ0v) is 23.3. The number of rotatable bonds is 13. The Balaban J connectivity index is 1.62. The molecule has 6 atom stereocenters. The Morgan fingerprint density at radius 1 is 1.23 bits per heavy atom. The van der Waals surface area contributed by atoms with Crippen molar-refractivity contribution in [2.45, 2.75) is 63.3 Å². The molecular weight excluding hydrogens is 556 g/mol. The summed E-state index contributed by atoms with van der Waals surface area (Å²) >= 11 is 1.51. The Kier molecular flexibility index (Phi) is 10.4. The van der Waals surface area contributed by atoms with Crippen LogP contribution >= 0.6 is 11.8 Å². The number of nitrogens with zero attached hydrogens (tertiary/aromatic N) is 4. The molecule has 0 aliphatic carbocycles. The molecule has 0 saturated carbocycles. The van der Waals surface area contributed by atoms with Crippen molar-refractivity contribution in [1.82, 2.24) is 29.6 Å². The molecule has 0 bridgehead atoms. The molecular formula is C21H34N8O8S2. The van der Waals surface area contributed by atoms with Gasteiger partial charge < -0.3 is 31.7 Å². The average Bonchev–Trinajstić information content (AvgIpc) is 3.42. The maximum absolute atomic E-state index is 12.8. The van der Waals surface area contributed by atoms with Crippen LogP contribution in [0.3, 0.4) is 0 Å². The van der Waals surface area contributed by atoms with Crippen molar-refractivity contribution in [2.75, 3.05) is 24.3 Å². The van der Waals surface area contributed by atoms with E-state index in [2.05, 4.69) is 20.3 Å². The van der Waals surface area contributed by atoms with E-state index < -0.39 is 65.3 Å². The average molecular weight is 591 g/mol. The number of amides is 2.